The molecule has 0 unspecified atom stereocenters. The molecular formula is C12H23N3O3. The van der Waals surface area contributed by atoms with Crippen molar-refractivity contribution in [2.24, 2.45) is 0 Å². The maximum atomic E-state index is 11.5. The molecule has 0 bridgehead atoms. The molecule has 0 saturated heterocycles. The van der Waals surface area contributed by atoms with Crippen LogP contribution in [-0.4, -0.2) is 53.7 Å². The second-order valence-corrected chi connectivity index (χ2v) is 5.20. The molecular weight excluding hydrogens is 234 g/mol. The van der Waals surface area contributed by atoms with Crippen LogP contribution in [-0.2, 0) is 4.79 Å². The minimum Gasteiger partial charge on any atom is -0.480 e. The predicted molar refractivity (Wildman–Crippen MR) is 68.5 cm³/mol. The summed E-state index contributed by atoms with van der Waals surface area (Å²) in [6, 6.07) is 0.0997. The van der Waals surface area contributed by atoms with Gasteiger partial charge in [-0.1, -0.05) is 0 Å². The SMILES string of the molecule is CC(C)N(C)CCCNC(=O)NC1(C(=O)O)CC1. The molecule has 1 rings (SSSR count). The van der Waals surface area contributed by atoms with E-state index in [-0.39, 0.29) is 6.03 Å². The van der Waals surface area contributed by atoms with E-state index in [1.165, 1.54) is 0 Å². The lowest BCUT2D eigenvalue weighted by Crippen LogP contribution is -2.48. The molecule has 0 aromatic carbocycles. The zero-order valence-electron chi connectivity index (χ0n) is 11.3. The molecule has 0 aliphatic heterocycles. The van der Waals surface area contributed by atoms with Gasteiger partial charge in [-0.15, -0.1) is 0 Å². The Labute approximate surface area is 108 Å². The van der Waals surface area contributed by atoms with Gasteiger partial charge in [-0.05, 0) is 46.7 Å². The van der Waals surface area contributed by atoms with Crippen LogP contribution in [0.1, 0.15) is 33.1 Å². The van der Waals surface area contributed by atoms with Crippen molar-refractivity contribution < 1.29 is 14.7 Å². The quantitative estimate of drug-likeness (QED) is 0.584. The summed E-state index contributed by atoms with van der Waals surface area (Å²) in [5.41, 5.74) is -1.00. The smallest absolute Gasteiger partial charge is 0.329 e. The van der Waals surface area contributed by atoms with E-state index in [1.807, 2.05) is 7.05 Å². The minimum absolute atomic E-state index is 0.387. The molecule has 18 heavy (non-hydrogen) atoms. The van der Waals surface area contributed by atoms with Crippen molar-refractivity contribution in [2.45, 2.75) is 44.7 Å². The van der Waals surface area contributed by atoms with E-state index < -0.39 is 11.5 Å². The van der Waals surface area contributed by atoms with Crippen molar-refractivity contribution in [2.75, 3.05) is 20.1 Å². The van der Waals surface area contributed by atoms with Gasteiger partial charge < -0.3 is 20.6 Å². The van der Waals surface area contributed by atoms with Crippen molar-refractivity contribution in [3.63, 3.8) is 0 Å². The standard InChI is InChI=1S/C12H23N3O3/c1-9(2)15(3)8-4-7-13-11(18)14-12(5-6-12)10(16)17/h9H,4-8H2,1-3H3,(H,16,17)(H2,13,14,18). The van der Waals surface area contributed by atoms with Crippen molar-refractivity contribution in [3.05, 3.63) is 0 Å². The number of aliphatic carboxylic acids is 1. The van der Waals surface area contributed by atoms with Gasteiger partial charge in [0.25, 0.3) is 0 Å². The molecule has 1 aliphatic carbocycles. The number of carboxylic acids is 1. The van der Waals surface area contributed by atoms with Crippen LogP contribution in [0.25, 0.3) is 0 Å². The lowest BCUT2D eigenvalue weighted by atomic mass is 10.3. The van der Waals surface area contributed by atoms with E-state index in [1.54, 1.807) is 0 Å². The summed E-state index contributed by atoms with van der Waals surface area (Å²) in [5, 5.41) is 14.1. The minimum atomic E-state index is -1.00. The molecule has 104 valence electrons. The third kappa shape index (κ3) is 4.18. The number of hydrogen-bond acceptors (Lipinski definition) is 3. The molecule has 3 N–H and O–H groups in total. The van der Waals surface area contributed by atoms with Gasteiger partial charge in [-0.25, -0.2) is 9.59 Å². The molecule has 0 heterocycles. The Morgan fingerprint density at radius 2 is 2.00 bits per heavy atom. The van der Waals surface area contributed by atoms with Gasteiger partial charge in [0.2, 0.25) is 0 Å². The topological polar surface area (TPSA) is 81.7 Å². The Balaban J connectivity index is 2.13. The number of rotatable bonds is 7. The van der Waals surface area contributed by atoms with Crippen LogP contribution in [0.4, 0.5) is 4.79 Å². The number of carbonyl (C=O) groups is 2. The number of nitrogens with zero attached hydrogens (tertiary/aromatic N) is 1. The van der Waals surface area contributed by atoms with Crippen molar-refractivity contribution >= 4 is 12.0 Å². The maximum Gasteiger partial charge on any atom is 0.329 e. The van der Waals surface area contributed by atoms with Gasteiger partial charge in [0.05, 0.1) is 0 Å². The summed E-state index contributed by atoms with van der Waals surface area (Å²) in [5.74, 6) is -0.947. The molecule has 0 radical (unpaired) electrons. The number of hydrogen-bond donors (Lipinski definition) is 3. The van der Waals surface area contributed by atoms with Crippen LogP contribution in [0, 0.1) is 0 Å². The fraction of sp³-hybridized carbons (Fsp3) is 0.833. The Bertz CT molecular complexity index is 314. The first-order valence-corrected chi connectivity index (χ1v) is 6.37. The molecule has 0 aromatic heterocycles. The molecule has 0 spiro atoms. The molecule has 6 heteroatoms. The fourth-order valence-corrected chi connectivity index (χ4v) is 1.57. The fourth-order valence-electron chi connectivity index (χ4n) is 1.57. The highest BCUT2D eigenvalue weighted by molar-refractivity contribution is 5.88. The summed E-state index contributed by atoms with van der Waals surface area (Å²) < 4.78 is 0. The van der Waals surface area contributed by atoms with E-state index in [0.717, 1.165) is 13.0 Å². The predicted octanol–water partition coefficient (Wildman–Crippen LogP) is 0.633. The summed E-state index contributed by atoms with van der Waals surface area (Å²) in [6.45, 7) is 5.69. The van der Waals surface area contributed by atoms with Crippen molar-refractivity contribution in [1.29, 1.82) is 0 Å². The molecule has 0 aromatic rings. The van der Waals surface area contributed by atoms with Gasteiger partial charge in [0, 0.05) is 12.6 Å². The summed E-state index contributed by atoms with van der Waals surface area (Å²) in [7, 11) is 2.04. The Kier molecular flexibility index (Phi) is 4.95. The number of amides is 2. The lowest BCUT2D eigenvalue weighted by Gasteiger charge is -2.21. The monoisotopic (exact) mass is 257 g/mol. The van der Waals surface area contributed by atoms with Crippen molar-refractivity contribution in [3.8, 4) is 0 Å². The number of urea groups is 1. The van der Waals surface area contributed by atoms with Gasteiger partial charge >= 0.3 is 12.0 Å². The highest BCUT2D eigenvalue weighted by Crippen LogP contribution is 2.35. The summed E-state index contributed by atoms with van der Waals surface area (Å²) in [4.78, 5) is 24.5. The third-order valence-electron chi connectivity index (χ3n) is 3.37. The van der Waals surface area contributed by atoms with Crippen LogP contribution in [0.15, 0.2) is 0 Å². The molecule has 1 fully saturated rings. The average Bonchev–Trinajstić information content (AvgIpc) is 3.04. The first-order valence-electron chi connectivity index (χ1n) is 6.37. The van der Waals surface area contributed by atoms with Crippen LogP contribution < -0.4 is 10.6 Å². The molecule has 6 nitrogen and oxygen atoms in total. The zero-order valence-corrected chi connectivity index (χ0v) is 11.3. The van der Waals surface area contributed by atoms with Crippen LogP contribution in [0.5, 0.6) is 0 Å². The number of carboxylic acid groups (broad SMARTS) is 1. The Morgan fingerprint density at radius 1 is 1.39 bits per heavy atom. The lowest BCUT2D eigenvalue weighted by molar-refractivity contribution is -0.140. The largest absolute Gasteiger partial charge is 0.480 e. The van der Waals surface area contributed by atoms with Crippen molar-refractivity contribution in [1.82, 2.24) is 15.5 Å². The van der Waals surface area contributed by atoms with E-state index in [4.69, 9.17) is 5.11 Å². The average molecular weight is 257 g/mol. The Hall–Kier alpha value is -1.30. The first-order chi connectivity index (χ1) is 8.37. The van der Waals surface area contributed by atoms with Gasteiger partial charge in [-0.3, -0.25) is 0 Å². The highest BCUT2D eigenvalue weighted by Gasteiger charge is 2.51. The first kappa shape index (κ1) is 14.8. The van der Waals surface area contributed by atoms with E-state index in [0.29, 0.717) is 25.4 Å². The molecule has 2 amide bonds. The van der Waals surface area contributed by atoms with Crippen LogP contribution in [0.3, 0.4) is 0 Å². The summed E-state index contributed by atoms with van der Waals surface area (Å²) >= 11 is 0. The van der Waals surface area contributed by atoms with E-state index in [2.05, 4.69) is 29.4 Å². The van der Waals surface area contributed by atoms with Gasteiger partial charge in [-0.2, -0.15) is 0 Å². The van der Waals surface area contributed by atoms with E-state index >= 15 is 0 Å². The Morgan fingerprint density at radius 3 is 2.44 bits per heavy atom. The number of carbonyl (C=O) groups excluding carboxylic acids is 1. The zero-order chi connectivity index (χ0) is 13.8. The van der Waals surface area contributed by atoms with Gasteiger partial charge in [0.15, 0.2) is 0 Å². The van der Waals surface area contributed by atoms with Crippen LogP contribution in [0.2, 0.25) is 0 Å². The molecule has 0 atom stereocenters. The molecule has 1 saturated carbocycles. The molecule has 1 aliphatic rings. The normalized spacial score (nSPS) is 16.7. The third-order valence-corrected chi connectivity index (χ3v) is 3.37. The van der Waals surface area contributed by atoms with Crippen LogP contribution >= 0.6 is 0 Å². The van der Waals surface area contributed by atoms with Gasteiger partial charge in [0.1, 0.15) is 5.54 Å². The van der Waals surface area contributed by atoms with E-state index in [9.17, 15) is 9.59 Å². The maximum absolute atomic E-state index is 11.5. The summed E-state index contributed by atoms with van der Waals surface area (Å²) in [6.07, 6.45) is 1.89. The number of nitrogens with one attached hydrogen (secondary N) is 2. The highest BCUT2D eigenvalue weighted by atomic mass is 16.4. The second-order valence-electron chi connectivity index (χ2n) is 5.20. The second kappa shape index (κ2) is 6.04.